The fraction of sp³-hybridized carbons (Fsp3) is 0.455. The normalized spacial score (nSPS) is 18.9. The number of carbonyl (C=O) groups is 2. The lowest BCUT2D eigenvalue weighted by Crippen LogP contribution is -2.43. The quantitative estimate of drug-likeness (QED) is 0.907. The number of carboxylic acids is 1. The molecule has 0 saturated heterocycles. The van der Waals surface area contributed by atoms with Crippen LogP contribution in [0.15, 0.2) is 11.4 Å². The largest absolute Gasteiger partial charge is 0.479 e. The minimum atomic E-state index is -0.946. The summed E-state index contributed by atoms with van der Waals surface area (Å²) < 4.78 is 0. The Morgan fingerprint density at radius 3 is 3.06 bits per heavy atom. The van der Waals surface area contributed by atoms with Crippen molar-refractivity contribution in [2.45, 2.75) is 12.5 Å². The van der Waals surface area contributed by atoms with E-state index in [4.69, 9.17) is 0 Å². The second-order valence-electron chi connectivity index (χ2n) is 3.81. The number of thioether (sulfide) groups is 1. The highest BCUT2D eigenvalue weighted by Crippen LogP contribution is 2.33. The van der Waals surface area contributed by atoms with Crippen LogP contribution in [0.4, 0.5) is 0 Å². The first-order valence-corrected chi connectivity index (χ1v) is 7.50. The van der Waals surface area contributed by atoms with E-state index in [1.807, 2.05) is 17.7 Å². The summed E-state index contributed by atoms with van der Waals surface area (Å²) in [5, 5.41) is 11.2. The molecule has 1 unspecified atom stereocenters. The zero-order valence-electron chi connectivity index (χ0n) is 9.38. The van der Waals surface area contributed by atoms with Gasteiger partial charge in [0.25, 0.3) is 0 Å². The fourth-order valence-corrected chi connectivity index (χ4v) is 3.37. The molecule has 0 fully saturated rings. The summed E-state index contributed by atoms with van der Waals surface area (Å²) in [6.07, 6.45) is 2.60. The maximum atomic E-state index is 11.9. The van der Waals surface area contributed by atoms with Gasteiger partial charge in [0.15, 0.2) is 6.04 Å². The predicted molar refractivity (Wildman–Crippen MR) is 68.5 cm³/mol. The molecule has 0 radical (unpaired) electrons. The minimum absolute atomic E-state index is 0.0956. The molecule has 17 heavy (non-hydrogen) atoms. The SMILES string of the molecule is CSCC(=O)N1CCc2sccc2C1C(=O)O. The molecule has 1 aromatic heterocycles. The molecule has 2 heterocycles. The minimum Gasteiger partial charge on any atom is -0.479 e. The second-order valence-corrected chi connectivity index (χ2v) is 5.68. The predicted octanol–water partition coefficient (Wildman–Crippen LogP) is 1.62. The molecular formula is C11H13NO3S2. The van der Waals surface area contributed by atoms with Crippen molar-refractivity contribution in [2.24, 2.45) is 0 Å². The van der Waals surface area contributed by atoms with E-state index in [2.05, 4.69) is 0 Å². The lowest BCUT2D eigenvalue weighted by molar-refractivity contribution is -0.150. The topological polar surface area (TPSA) is 57.6 Å². The van der Waals surface area contributed by atoms with Gasteiger partial charge in [0, 0.05) is 11.4 Å². The Balaban J connectivity index is 2.30. The lowest BCUT2D eigenvalue weighted by Gasteiger charge is -2.33. The van der Waals surface area contributed by atoms with Crippen LogP contribution >= 0.6 is 23.1 Å². The van der Waals surface area contributed by atoms with E-state index in [9.17, 15) is 14.7 Å². The number of thiophene rings is 1. The highest BCUT2D eigenvalue weighted by atomic mass is 32.2. The highest BCUT2D eigenvalue weighted by Gasteiger charge is 2.36. The van der Waals surface area contributed by atoms with Crippen LogP contribution < -0.4 is 0 Å². The number of carboxylic acid groups (broad SMARTS) is 1. The van der Waals surface area contributed by atoms with Crippen molar-refractivity contribution < 1.29 is 14.7 Å². The van der Waals surface area contributed by atoms with Crippen LogP contribution in [0, 0.1) is 0 Å². The van der Waals surface area contributed by atoms with Gasteiger partial charge in [-0.3, -0.25) is 4.79 Å². The van der Waals surface area contributed by atoms with E-state index in [-0.39, 0.29) is 5.91 Å². The number of rotatable bonds is 3. The van der Waals surface area contributed by atoms with Crippen LogP contribution in [0.25, 0.3) is 0 Å². The Hall–Kier alpha value is -1.01. The van der Waals surface area contributed by atoms with Gasteiger partial charge in [-0.05, 0) is 29.7 Å². The molecule has 0 bridgehead atoms. The molecule has 1 atom stereocenters. The summed E-state index contributed by atoms with van der Waals surface area (Å²) in [5.41, 5.74) is 0.781. The molecule has 0 saturated carbocycles. The Morgan fingerprint density at radius 2 is 2.41 bits per heavy atom. The van der Waals surface area contributed by atoms with E-state index in [1.165, 1.54) is 16.7 Å². The maximum Gasteiger partial charge on any atom is 0.331 e. The number of nitrogens with zero attached hydrogens (tertiary/aromatic N) is 1. The molecule has 0 spiro atoms. The molecule has 2 rings (SSSR count). The van der Waals surface area contributed by atoms with Crippen molar-refractivity contribution in [1.82, 2.24) is 4.90 Å². The van der Waals surface area contributed by atoms with Crippen LogP contribution in [0.5, 0.6) is 0 Å². The number of hydrogen-bond donors (Lipinski definition) is 1. The Morgan fingerprint density at radius 1 is 1.65 bits per heavy atom. The molecule has 6 heteroatoms. The molecule has 0 aliphatic carbocycles. The fourth-order valence-electron chi connectivity index (χ4n) is 2.06. The second kappa shape index (κ2) is 5.10. The zero-order valence-corrected chi connectivity index (χ0v) is 11.0. The van der Waals surface area contributed by atoms with Gasteiger partial charge in [0.05, 0.1) is 5.75 Å². The van der Waals surface area contributed by atoms with E-state index < -0.39 is 12.0 Å². The molecule has 1 aliphatic rings. The first kappa shape index (κ1) is 12.4. The van der Waals surface area contributed by atoms with Crippen molar-refractivity contribution in [2.75, 3.05) is 18.6 Å². The van der Waals surface area contributed by atoms with Crippen LogP contribution in [0.1, 0.15) is 16.5 Å². The molecule has 1 N–H and O–H groups in total. The van der Waals surface area contributed by atoms with E-state index in [0.29, 0.717) is 12.3 Å². The van der Waals surface area contributed by atoms with Gasteiger partial charge in [0.1, 0.15) is 0 Å². The Kier molecular flexibility index (Phi) is 3.73. The van der Waals surface area contributed by atoms with Crippen molar-refractivity contribution in [3.63, 3.8) is 0 Å². The van der Waals surface area contributed by atoms with Gasteiger partial charge < -0.3 is 10.0 Å². The van der Waals surface area contributed by atoms with Gasteiger partial charge in [-0.15, -0.1) is 11.3 Å². The van der Waals surface area contributed by atoms with Crippen LogP contribution in [-0.2, 0) is 16.0 Å². The number of carbonyl (C=O) groups excluding carboxylic acids is 1. The van der Waals surface area contributed by atoms with E-state index in [1.54, 1.807) is 11.3 Å². The van der Waals surface area contributed by atoms with Gasteiger partial charge in [-0.25, -0.2) is 4.79 Å². The highest BCUT2D eigenvalue weighted by molar-refractivity contribution is 7.99. The number of amides is 1. The molecule has 1 aliphatic heterocycles. The summed E-state index contributed by atoms with van der Waals surface area (Å²) in [6, 6.07) is 1.02. The van der Waals surface area contributed by atoms with E-state index >= 15 is 0 Å². The average molecular weight is 271 g/mol. The Labute approximate surface area is 108 Å². The molecule has 0 aromatic carbocycles. The average Bonchev–Trinajstić information content (AvgIpc) is 2.75. The summed E-state index contributed by atoms with van der Waals surface area (Å²) >= 11 is 2.99. The van der Waals surface area contributed by atoms with Crippen molar-refractivity contribution in [1.29, 1.82) is 0 Å². The van der Waals surface area contributed by atoms with Gasteiger partial charge in [-0.1, -0.05) is 0 Å². The standard InChI is InChI=1S/C11H13NO3S2/c1-16-6-9(13)12-4-2-8-7(3-5-17-8)10(12)11(14)15/h3,5,10H,2,4,6H2,1H3,(H,14,15). The van der Waals surface area contributed by atoms with Crippen molar-refractivity contribution >= 4 is 35.0 Å². The van der Waals surface area contributed by atoms with Gasteiger partial charge >= 0.3 is 5.97 Å². The van der Waals surface area contributed by atoms with Crippen LogP contribution in [-0.4, -0.2) is 40.4 Å². The monoisotopic (exact) mass is 271 g/mol. The molecular weight excluding hydrogens is 258 g/mol. The molecule has 1 amide bonds. The number of aliphatic carboxylic acids is 1. The van der Waals surface area contributed by atoms with Crippen LogP contribution in [0.3, 0.4) is 0 Å². The van der Waals surface area contributed by atoms with Gasteiger partial charge in [-0.2, -0.15) is 11.8 Å². The summed E-state index contributed by atoms with van der Waals surface area (Å²) in [7, 11) is 0. The van der Waals surface area contributed by atoms with Crippen LogP contribution in [0.2, 0.25) is 0 Å². The third-order valence-electron chi connectivity index (χ3n) is 2.79. The first-order valence-electron chi connectivity index (χ1n) is 5.22. The zero-order chi connectivity index (χ0) is 12.4. The molecule has 4 nitrogen and oxygen atoms in total. The maximum absolute atomic E-state index is 11.9. The summed E-state index contributed by atoms with van der Waals surface area (Å²) in [6.45, 7) is 0.504. The summed E-state index contributed by atoms with van der Waals surface area (Å²) in [4.78, 5) is 25.8. The lowest BCUT2D eigenvalue weighted by atomic mass is 10.00. The van der Waals surface area contributed by atoms with E-state index in [0.717, 1.165) is 16.9 Å². The third kappa shape index (κ3) is 2.32. The van der Waals surface area contributed by atoms with Gasteiger partial charge in [0.2, 0.25) is 5.91 Å². The third-order valence-corrected chi connectivity index (χ3v) is 4.32. The molecule has 92 valence electrons. The molecule has 1 aromatic rings. The van der Waals surface area contributed by atoms with Crippen molar-refractivity contribution in [3.05, 3.63) is 21.9 Å². The number of hydrogen-bond acceptors (Lipinski definition) is 4. The summed E-state index contributed by atoms with van der Waals surface area (Å²) in [5.74, 6) is -0.705. The first-order chi connectivity index (χ1) is 8.15. The Bertz CT molecular complexity index is 444. The number of fused-ring (bicyclic) bond motifs is 1. The van der Waals surface area contributed by atoms with Crippen molar-refractivity contribution in [3.8, 4) is 0 Å². The smallest absolute Gasteiger partial charge is 0.331 e.